The van der Waals surface area contributed by atoms with Crippen LogP contribution in [0.2, 0.25) is 0 Å². The minimum atomic E-state index is -4.40. The highest BCUT2D eigenvalue weighted by Gasteiger charge is 2.54. The van der Waals surface area contributed by atoms with Crippen LogP contribution in [0.4, 0.5) is 0 Å². The molecule has 0 saturated carbocycles. The molecule has 18 nitrogen and oxygen atoms in total. The maximum Gasteiger partial charge on any atom is 0.241 e. The first-order valence-electron chi connectivity index (χ1n) is 13.4. The number of aliphatic hydroxyl groups is 8. The first-order valence-corrected chi connectivity index (χ1v) is 14.9. The third-order valence-corrected chi connectivity index (χ3v) is 9.10. The van der Waals surface area contributed by atoms with Crippen LogP contribution in [0.25, 0.3) is 0 Å². The fourth-order valence-corrected chi connectivity index (χ4v) is 6.39. The molecule has 0 amide bonds. The summed E-state index contributed by atoms with van der Waals surface area (Å²) < 4.78 is 56.9. The van der Waals surface area contributed by atoms with Crippen LogP contribution in [0.3, 0.4) is 0 Å². The molecule has 15 atom stereocenters. The average Bonchev–Trinajstić information content (AvgIpc) is 3.00. The Balaban J connectivity index is 1.66. The van der Waals surface area contributed by atoms with E-state index in [0.29, 0.717) is 0 Å². The first-order chi connectivity index (χ1) is 20.3. The van der Waals surface area contributed by atoms with Gasteiger partial charge in [-0.1, -0.05) is 18.2 Å². The zero-order chi connectivity index (χ0) is 31.6. The molecule has 3 aliphatic heterocycles. The smallest absolute Gasteiger partial charge is 0.241 e. The Hall–Kier alpha value is -1.47. The van der Waals surface area contributed by atoms with Crippen molar-refractivity contribution in [3.63, 3.8) is 0 Å². The van der Waals surface area contributed by atoms with Gasteiger partial charge in [-0.05, 0) is 12.1 Å². The van der Waals surface area contributed by atoms with Crippen molar-refractivity contribution in [1.82, 2.24) is 4.72 Å². The summed E-state index contributed by atoms with van der Waals surface area (Å²) in [6, 6.07) is 2.48. The molecule has 0 aliphatic carbocycles. The summed E-state index contributed by atoms with van der Waals surface area (Å²) in [5, 5.41) is 82.0. The van der Waals surface area contributed by atoms with Crippen LogP contribution in [0.15, 0.2) is 35.2 Å². The molecule has 0 radical (unpaired) electrons. The fraction of sp³-hybridized carbons (Fsp3) is 0.750. The Labute approximate surface area is 246 Å². The third-order valence-electron chi connectivity index (χ3n) is 7.63. The van der Waals surface area contributed by atoms with Gasteiger partial charge >= 0.3 is 0 Å². The number of aliphatic hydroxyl groups excluding tert-OH is 8. The Bertz CT molecular complexity index is 1130. The molecule has 2 unspecified atom stereocenters. The Morgan fingerprint density at radius 1 is 0.698 bits per heavy atom. The number of rotatable bonds is 10. The van der Waals surface area contributed by atoms with Crippen molar-refractivity contribution in [3.8, 4) is 0 Å². The summed E-state index contributed by atoms with van der Waals surface area (Å²) in [6.07, 6.45) is -19.1. The number of nitrogens with two attached hydrogens (primary N) is 2. The number of hydrogen-bond acceptors (Lipinski definition) is 17. The third kappa shape index (κ3) is 7.18. The minimum absolute atomic E-state index is 0.206. The lowest BCUT2D eigenvalue weighted by molar-refractivity contribution is -0.349. The second kappa shape index (κ2) is 14.3. The summed E-state index contributed by atoms with van der Waals surface area (Å²) in [5.41, 5.74) is 11.7. The van der Waals surface area contributed by atoms with Crippen LogP contribution in [-0.4, -0.2) is 161 Å². The molecule has 1 aromatic carbocycles. The van der Waals surface area contributed by atoms with Crippen LogP contribution < -0.4 is 16.2 Å². The molecule has 0 aromatic heterocycles. The molecule has 3 aliphatic rings. The zero-order valence-corrected chi connectivity index (χ0v) is 23.5. The topological polar surface area (TPSA) is 306 Å². The molecule has 4 rings (SSSR count). The molecule has 13 N–H and O–H groups in total. The number of hydrogen-bond donors (Lipinski definition) is 11. The molecule has 246 valence electrons. The molecular formula is C24H39N3O15S. The van der Waals surface area contributed by atoms with E-state index in [-0.39, 0.29) is 4.90 Å². The predicted octanol–water partition coefficient (Wildman–Crippen LogP) is -6.65. The Morgan fingerprint density at radius 2 is 1.23 bits per heavy atom. The standard InChI is InChI=1S/C24H39N3O15S/c25-13-18(33)20(11(7-29)38-22(13)35)42-24-15(27-43(36,37)9-4-2-1-3-5-9)19(34)21(12(8-30)40-24)41-23-14(26)17(32)16(31)10(6-28)39-23/h1-5,10-24,27-35H,6-8,25-26H2/t10-,11-,12-,13-,14-,15-,16-,17-,18-,19-,20?,21?,22-,23+,24+/m1/s1. The second-order valence-corrected chi connectivity index (χ2v) is 12.2. The van der Waals surface area contributed by atoms with Gasteiger partial charge in [0.1, 0.15) is 61.0 Å². The molecule has 0 spiro atoms. The molecule has 0 bridgehead atoms. The van der Waals surface area contributed by atoms with Gasteiger partial charge in [-0.3, -0.25) is 0 Å². The Kier molecular flexibility index (Phi) is 11.4. The van der Waals surface area contributed by atoms with E-state index in [1.807, 2.05) is 0 Å². The van der Waals surface area contributed by atoms with Crippen molar-refractivity contribution in [2.45, 2.75) is 96.8 Å². The van der Waals surface area contributed by atoms with E-state index < -0.39 is 122 Å². The maximum atomic E-state index is 13.3. The molecule has 3 heterocycles. The highest BCUT2D eigenvalue weighted by atomic mass is 32.2. The summed E-state index contributed by atoms with van der Waals surface area (Å²) in [7, 11) is -4.40. The van der Waals surface area contributed by atoms with Crippen molar-refractivity contribution >= 4 is 10.0 Å². The van der Waals surface area contributed by atoms with Gasteiger partial charge in [-0.25, -0.2) is 13.1 Å². The predicted molar refractivity (Wildman–Crippen MR) is 140 cm³/mol. The van der Waals surface area contributed by atoms with Crippen molar-refractivity contribution in [1.29, 1.82) is 0 Å². The van der Waals surface area contributed by atoms with Crippen molar-refractivity contribution in [2.24, 2.45) is 11.5 Å². The summed E-state index contributed by atoms with van der Waals surface area (Å²) in [4.78, 5) is -0.206. The van der Waals surface area contributed by atoms with Gasteiger partial charge in [0.2, 0.25) is 10.0 Å². The molecule has 3 saturated heterocycles. The first kappa shape index (κ1) is 34.4. The monoisotopic (exact) mass is 641 g/mol. The van der Waals surface area contributed by atoms with Crippen molar-refractivity contribution < 1.29 is 73.0 Å². The van der Waals surface area contributed by atoms with E-state index in [1.165, 1.54) is 24.3 Å². The number of nitrogens with one attached hydrogen (secondary N) is 1. The number of benzene rings is 1. The molecular weight excluding hydrogens is 602 g/mol. The lowest BCUT2D eigenvalue weighted by Crippen LogP contribution is -2.70. The number of sulfonamides is 1. The largest absolute Gasteiger partial charge is 0.394 e. The van der Waals surface area contributed by atoms with Crippen molar-refractivity contribution in [2.75, 3.05) is 19.8 Å². The van der Waals surface area contributed by atoms with E-state index >= 15 is 0 Å². The normalized spacial score (nSPS) is 44.3. The highest BCUT2D eigenvalue weighted by Crippen LogP contribution is 2.32. The zero-order valence-electron chi connectivity index (χ0n) is 22.7. The summed E-state index contributed by atoms with van der Waals surface area (Å²) in [5.74, 6) is 0. The van der Waals surface area contributed by atoms with Crippen LogP contribution >= 0.6 is 0 Å². The van der Waals surface area contributed by atoms with Gasteiger partial charge in [0, 0.05) is 0 Å². The molecule has 19 heteroatoms. The Morgan fingerprint density at radius 3 is 1.84 bits per heavy atom. The lowest BCUT2D eigenvalue weighted by atomic mass is 9.94. The second-order valence-electron chi connectivity index (χ2n) is 10.5. The van der Waals surface area contributed by atoms with Gasteiger partial charge in [0.15, 0.2) is 18.9 Å². The molecule has 1 aromatic rings. The fourth-order valence-electron chi connectivity index (χ4n) is 5.13. The van der Waals surface area contributed by atoms with Crippen LogP contribution in [-0.2, 0) is 33.7 Å². The maximum absolute atomic E-state index is 13.3. The lowest BCUT2D eigenvalue weighted by Gasteiger charge is -2.49. The highest BCUT2D eigenvalue weighted by molar-refractivity contribution is 7.89. The number of ether oxygens (including phenoxy) is 5. The van der Waals surface area contributed by atoms with Gasteiger partial charge in [0.25, 0.3) is 0 Å². The van der Waals surface area contributed by atoms with Gasteiger partial charge in [-0.2, -0.15) is 0 Å². The van der Waals surface area contributed by atoms with E-state index in [4.69, 9.17) is 35.2 Å². The summed E-state index contributed by atoms with van der Waals surface area (Å²) >= 11 is 0. The minimum Gasteiger partial charge on any atom is -0.394 e. The van der Waals surface area contributed by atoms with E-state index in [9.17, 15) is 49.3 Å². The van der Waals surface area contributed by atoms with Gasteiger partial charge in [-0.15, -0.1) is 0 Å². The van der Waals surface area contributed by atoms with E-state index in [1.54, 1.807) is 6.07 Å². The van der Waals surface area contributed by atoms with Gasteiger partial charge < -0.3 is 76.0 Å². The van der Waals surface area contributed by atoms with Crippen molar-refractivity contribution in [3.05, 3.63) is 30.3 Å². The van der Waals surface area contributed by atoms with Crippen LogP contribution in [0.1, 0.15) is 0 Å². The quantitative estimate of drug-likeness (QED) is 0.113. The van der Waals surface area contributed by atoms with Crippen LogP contribution in [0, 0.1) is 0 Å². The average molecular weight is 642 g/mol. The molecule has 43 heavy (non-hydrogen) atoms. The van der Waals surface area contributed by atoms with Gasteiger partial charge in [0.05, 0.1) is 36.8 Å². The summed E-state index contributed by atoms with van der Waals surface area (Å²) in [6.45, 7) is -2.35. The van der Waals surface area contributed by atoms with E-state index in [0.717, 1.165) is 0 Å². The van der Waals surface area contributed by atoms with E-state index in [2.05, 4.69) is 4.72 Å². The van der Waals surface area contributed by atoms with Crippen LogP contribution in [0.5, 0.6) is 0 Å². The SMILES string of the molecule is N[C@H]1[C@H](OC2[C@@H](CO)O[C@@H](OC3[C@@H](CO)O[C@@H](O)[C@H](N)[C@H]3O)[C@H](NS(=O)(=O)c3ccccc3)[C@H]2O)O[C@H](CO)[C@@H](O)[C@@H]1O. The molecule has 3 fully saturated rings.